The number of nitrogens with zero attached hydrogens (tertiary/aromatic N) is 2. The van der Waals surface area contributed by atoms with Crippen LogP contribution in [-0.4, -0.2) is 23.0 Å². The van der Waals surface area contributed by atoms with E-state index >= 15 is 0 Å². The number of hydrogen-bond acceptors (Lipinski definition) is 4. The average Bonchev–Trinajstić information content (AvgIpc) is 2.69. The number of hydrogen-bond donors (Lipinski definition) is 0. The van der Waals surface area contributed by atoms with E-state index in [0.29, 0.717) is 34.2 Å². The molecule has 0 bridgehead atoms. The minimum Gasteiger partial charge on any atom is -0.465 e. The fraction of sp³-hybridized carbons (Fsp3) is 0.261. The second-order valence-electron chi connectivity index (χ2n) is 6.67. The molecule has 0 amide bonds. The molecule has 3 rings (SSSR count). The van der Waals surface area contributed by atoms with E-state index in [0.717, 1.165) is 24.0 Å². The van der Waals surface area contributed by atoms with Gasteiger partial charge in [-0.3, -0.25) is 0 Å². The molecule has 0 aliphatic rings. The van der Waals surface area contributed by atoms with Crippen molar-refractivity contribution >= 4 is 17.6 Å². The van der Waals surface area contributed by atoms with Gasteiger partial charge in [0.2, 0.25) is 0 Å². The number of ether oxygens (including phenoxy) is 1. The van der Waals surface area contributed by atoms with Crippen molar-refractivity contribution < 1.29 is 9.53 Å². The molecule has 144 valence electrons. The molecule has 0 spiro atoms. The zero-order valence-electron chi connectivity index (χ0n) is 16.3. The summed E-state index contributed by atoms with van der Waals surface area (Å²) >= 11 is 6.33. The summed E-state index contributed by atoms with van der Waals surface area (Å²) in [6.07, 6.45) is 2.67. The number of carbonyl (C=O) groups excluding carboxylic acids is 1. The largest absolute Gasteiger partial charge is 0.465 e. The summed E-state index contributed by atoms with van der Waals surface area (Å²) < 4.78 is 4.97. The summed E-state index contributed by atoms with van der Waals surface area (Å²) in [5.41, 5.74) is 4.74. The molecule has 0 aliphatic carbocycles. The van der Waals surface area contributed by atoms with Crippen molar-refractivity contribution in [3.63, 3.8) is 0 Å². The molecule has 0 unspecified atom stereocenters. The van der Waals surface area contributed by atoms with Crippen LogP contribution in [-0.2, 0) is 17.6 Å². The van der Waals surface area contributed by atoms with E-state index in [-0.39, 0.29) is 0 Å². The third-order valence-corrected chi connectivity index (χ3v) is 4.93. The lowest BCUT2D eigenvalue weighted by atomic mass is 10.0. The van der Waals surface area contributed by atoms with Gasteiger partial charge in [-0.15, -0.1) is 0 Å². The van der Waals surface area contributed by atoms with Crippen molar-refractivity contribution in [2.24, 2.45) is 0 Å². The standard InChI is InChI=1S/C23H23ClN2O2/c1-4-7-16-10-12-17(13-11-16)14-20-21(23(27)28-3)15(2)25-22(26-20)18-8-5-6-9-19(18)24/h5-6,8-13H,4,7,14H2,1-3H3. The molecule has 0 saturated heterocycles. The number of halogens is 1. The zero-order valence-corrected chi connectivity index (χ0v) is 17.1. The minimum atomic E-state index is -0.430. The number of carbonyl (C=O) groups is 1. The predicted octanol–water partition coefficient (Wildman–Crippen LogP) is 5.44. The minimum absolute atomic E-state index is 0.413. The smallest absolute Gasteiger partial charge is 0.341 e. The Bertz CT molecular complexity index is 984. The molecule has 0 atom stereocenters. The van der Waals surface area contributed by atoms with E-state index in [1.165, 1.54) is 12.7 Å². The van der Waals surface area contributed by atoms with Crippen molar-refractivity contribution in [1.29, 1.82) is 0 Å². The van der Waals surface area contributed by atoms with Crippen LogP contribution < -0.4 is 0 Å². The molecule has 0 N–H and O–H groups in total. The van der Waals surface area contributed by atoms with Gasteiger partial charge in [0.1, 0.15) is 5.56 Å². The number of methoxy groups -OCH3 is 1. The van der Waals surface area contributed by atoms with Gasteiger partial charge in [-0.2, -0.15) is 0 Å². The average molecular weight is 395 g/mol. The lowest BCUT2D eigenvalue weighted by Crippen LogP contribution is -2.13. The highest BCUT2D eigenvalue weighted by molar-refractivity contribution is 6.33. The number of rotatable bonds is 6. The van der Waals surface area contributed by atoms with Crippen LogP contribution in [0, 0.1) is 6.92 Å². The number of aromatic nitrogens is 2. The highest BCUT2D eigenvalue weighted by Gasteiger charge is 2.20. The molecule has 4 nitrogen and oxygen atoms in total. The van der Waals surface area contributed by atoms with Crippen LogP contribution in [0.4, 0.5) is 0 Å². The van der Waals surface area contributed by atoms with Crippen molar-refractivity contribution in [3.05, 3.63) is 81.6 Å². The third-order valence-electron chi connectivity index (χ3n) is 4.60. The summed E-state index contributed by atoms with van der Waals surface area (Å²) in [5.74, 6) is 0.0779. The van der Waals surface area contributed by atoms with E-state index in [1.807, 2.05) is 18.2 Å². The fourth-order valence-corrected chi connectivity index (χ4v) is 3.42. The second-order valence-corrected chi connectivity index (χ2v) is 7.08. The summed E-state index contributed by atoms with van der Waals surface area (Å²) in [6, 6.07) is 15.8. The van der Waals surface area contributed by atoms with Gasteiger partial charge in [-0.1, -0.05) is 61.3 Å². The van der Waals surface area contributed by atoms with Crippen LogP contribution in [0.2, 0.25) is 5.02 Å². The van der Waals surface area contributed by atoms with E-state index in [9.17, 15) is 4.79 Å². The highest BCUT2D eigenvalue weighted by atomic mass is 35.5. The predicted molar refractivity (Wildman–Crippen MR) is 112 cm³/mol. The molecule has 0 saturated carbocycles. The summed E-state index contributed by atoms with van der Waals surface area (Å²) in [5, 5.41) is 0.572. The maximum absolute atomic E-state index is 12.4. The molecule has 3 aromatic rings. The molecule has 5 heteroatoms. The molecule has 2 aromatic carbocycles. The highest BCUT2D eigenvalue weighted by Crippen LogP contribution is 2.27. The van der Waals surface area contributed by atoms with Gasteiger partial charge in [-0.05, 0) is 36.6 Å². The van der Waals surface area contributed by atoms with Crippen molar-refractivity contribution in [1.82, 2.24) is 9.97 Å². The van der Waals surface area contributed by atoms with Crippen LogP contribution in [0.1, 0.15) is 46.2 Å². The Balaban J connectivity index is 2.06. The zero-order chi connectivity index (χ0) is 20.1. The van der Waals surface area contributed by atoms with Gasteiger partial charge in [0, 0.05) is 12.0 Å². The Morgan fingerprint density at radius 1 is 1.04 bits per heavy atom. The van der Waals surface area contributed by atoms with Crippen LogP contribution in [0.5, 0.6) is 0 Å². The van der Waals surface area contributed by atoms with E-state index in [2.05, 4.69) is 36.2 Å². The first-order chi connectivity index (χ1) is 13.5. The Morgan fingerprint density at radius 2 is 1.71 bits per heavy atom. The maximum Gasteiger partial charge on any atom is 0.341 e. The number of esters is 1. The number of benzene rings is 2. The Morgan fingerprint density at radius 3 is 2.36 bits per heavy atom. The molecule has 1 aromatic heterocycles. The van der Waals surface area contributed by atoms with E-state index < -0.39 is 5.97 Å². The van der Waals surface area contributed by atoms with Crippen LogP contribution in [0.15, 0.2) is 48.5 Å². The second kappa shape index (κ2) is 8.98. The maximum atomic E-state index is 12.4. The SMILES string of the molecule is CCCc1ccc(Cc2nc(-c3ccccc3Cl)nc(C)c2C(=O)OC)cc1. The van der Waals surface area contributed by atoms with Crippen LogP contribution >= 0.6 is 11.6 Å². The summed E-state index contributed by atoms with van der Waals surface area (Å²) in [7, 11) is 1.37. The molecular weight excluding hydrogens is 372 g/mol. The molecule has 0 fully saturated rings. The van der Waals surface area contributed by atoms with Gasteiger partial charge in [0.25, 0.3) is 0 Å². The molecule has 0 radical (unpaired) electrons. The summed E-state index contributed by atoms with van der Waals surface area (Å²) in [6.45, 7) is 3.96. The first-order valence-electron chi connectivity index (χ1n) is 9.32. The van der Waals surface area contributed by atoms with Crippen molar-refractivity contribution in [2.75, 3.05) is 7.11 Å². The Hall–Kier alpha value is -2.72. The van der Waals surface area contributed by atoms with Crippen molar-refractivity contribution in [2.45, 2.75) is 33.1 Å². The fourth-order valence-electron chi connectivity index (χ4n) is 3.20. The lowest BCUT2D eigenvalue weighted by molar-refractivity contribution is 0.0597. The Kier molecular flexibility index (Phi) is 6.42. The monoisotopic (exact) mass is 394 g/mol. The molecule has 1 heterocycles. The topological polar surface area (TPSA) is 52.1 Å². The van der Waals surface area contributed by atoms with Gasteiger partial charge in [0.15, 0.2) is 5.82 Å². The first-order valence-corrected chi connectivity index (χ1v) is 9.69. The van der Waals surface area contributed by atoms with Crippen LogP contribution in [0.3, 0.4) is 0 Å². The number of aryl methyl sites for hydroxylation is 2. The van der Waals surface area contributed by atoms with E-state index in [4.69, 9.17) is 21.3 Å². The van der Waals surface area contributed by atoms with Gasteiger partial charge < -0.3 is 4.74 Å². The molecule has 28 heavy (non-hydrogen) atoms. The van der Waals surface area contributed by atoms with Gasteiger partial charge >= 0.3 is 5.97 Å². The van der Waals surface area contributed by atoms with Crippen molar-refractivity contribution in [3.8, 4) is 11.4 Å². The summed E-state index contributed by atoms with van der Waals surface area (Å²) in [4.78, 5) is 21.6. The Labute approximate surface area is 170 Å². The lowest BCUT2D eigenvalue weighted by Gasteiger charge is -2.13. The van der Waals surface area contributed by atoms with Crippen LogP contribution in [0.25, 0.3) is 11.4 Å². The molecular formula is C23H23ClN2O2. The van der Waals surface area contributed by atoms with E-state index in [1.54, 1.807) is 13.0 Å². The normalized spacial score (nSPS) is 10.7. The quantitative estimate of drug-likeness (QED) is 0.522. The molecule has 0 aliphatic heterocycles. The third kappa shape index (κ3) is 4.39. The first kappa shape index (κ1) is 20.0. The van der Waals surface area contributed by atoms with Gasteiger partial charge in [0.05, 0.1) is 23.5 Å². The van der Waals surface area contributed by atoms with Gasteiger partial charge in [-0.25, -0.2) is 14.8 Å².